The van der Waals surface area contributed by atoms with Crippen LogP contribution in [0.3, 0.4) is 0 Å². The van der Waals surface area contributed by atoms with Gasteiger partial charge in [0.15, 0.2) is 0 Å². The molecule has 0 aliphatic carbocycles. The Balaban J connectivity index is 1.36. The molecule has 4 rings (SSSR count). The Morgan fingerprint density at radius 3 is 2.79 bits per heavy atom. The Hall–Kier alpha value is -2.71. The molecule has 0 radical (unpaired) electrons. The molecule has 0 spiro atoms. The maximum atomic E-state index is 12.4. The van der Waals surface area contributed by atoms with E-state index in [1.807, 2.05) is 59.6 Å². The zero-order valence-electron chi connectivity index (χ0n) is 15.5. The molecule has 1 aliphatic heterocycles. The summed E-state index contributed by atoms with van der Waals surface area (Å²) in [5.74, 6) is 0.713. The highest BCUT2D eigenvalue weighted by Gasteiger charge is 2.28. The van der Waals surface area contributed by atoms with Crippen molar-refractivity contribution in [2.75, 3.05) is 23.7 Å². The number of sulfonamides is 1. The van der Waals surface area contributed by atoms with Gasteiger partial charge in [-0.1, -0.05) is 30.3 Å². The summed E-state index contributed by atoms with van der Waals surface area (Å²) < 4.78 is 27.7. The minimum absolute atomic E-state index is 0.0896. The van der Waals surface area contributed by atoms with E-state index >= 15 is 0 Å². The number of rotatable bonds is 7. The molecule has 1 aromatic carbocycles. The number of hydrogen-bond acceptors (Lipinski definition) is 5. The van der Waals surface area contributed by atoms with Crippen LogP contribution < -0.4 is 9.62 Å². The van der Waals surface area contributed by atoms with Crippen LogP contribution in [0, 0.1) is 0 Å². The van der Waals surface area contributed by atoms with Gasteiger partial charge in [-0.05, 0) is 36.6 Å². The van der Waals surface area contributed by atoms with E-state index in [4.69, 9.17) is 0 Å². The Morgan fingerprint density at radius 1 is 1.14 bits per heavy atom. The number of hydrogen-bond donors (Lipinski definition) is 2. The number of aromatic nitrogens is 3. The van der Waals surface area contributed by atoms with E-state index < -0.39 is 10.0 Å². The van der Waals surface area contributed by atoms with Gasteiger partial charge in [0.25, 0.3) is 0 Å². The van der Waals surface area contributed by atoms with Crippen molar-refractivity contribution in [2.45, 2.75) is 18.9 Å². The van der Waals surface area contributed by atoms with Crippen molar-refractivity contribution in [3.8, 4) is 11.4 Å². The van der Waals surface area contributed by atoms with Gasteiger partial charge in [-0.25, -0.2) is 23.1 Å². The maximum absolute atomic E-state index is 12.4. The van der Waals surface area contributed by atoms with Gasteiger partial charge >= 0.3 is 0 Å². The molecule has 2 aromatic heterocycles. The van der Waals surface area contributed by atoms with Crippen molar-refractivity contribution in [2.24, 2.45) is 0 Å². The molecule has 146 valence electrons. The highest BCUT2D eigenvalue weighted by molar-refractivity contribution is 7.89. The lowest BCUT2D eigenvalue weighted by atomic mass is 10.2. The van der Waals surface area contributed by atoms with Crippen LogP contribution in [0.5, 0.6) is 0 Å². The first kappa shape index (κ1) is 18.6. The first-order valence-electron chi connectivity index (χ1n) is 9.35. The van der Waals surface area contributed by atoms with E-state index in [-0.39, 0.29) is 11.8 Å². The summed E-state index contributed by atoms with van der Waals surface area (Å²) in [5.41, 5.74) is 2.78. The Kier molecular flexibility index (Phi) is 5.40. The van der Waals surface area contributed by atoms with Gasteiger partial charge in [0.1, 0.15) is 0 Å². The third-order valence-corrected chi connectivity index (χ3v) is 6.27. The number of nitrogens with zero attached hydrogens (tertiary/aromatic N) is 3. The average Bonchev–Trinajstić information content (AvgIpc) is 3.39. The second-order valence-electron chi connectivity index (χ2n) is 6.93. The quantitative estimate of drug-likeness (QED) is 0.638. The molecule has 1 fully saturated rings. The van der Waals surface area contributed by atoms with E-state index in [2.05, 4.69) is 19.7 Å². The van der Waals surface area contributed by atoms with Gasteiger partial charge in [-0.15, -0.1) is 0 Å². The zero-order chi connectivity index (χ0) is 19.4. The Labute approximate surface area is 164 Å². The molecule has 0 amide bonds. The first-order chi connectivity index (χ1) is 13.6. The lowest BCUT2D eigenvalue weighted by Gasteiger charge is -2.17. The molecule has 3 aromatic rings. The molecule has 0 bridgehead atoms. The summed E-state index contributed by atoms with van der Waals surface area (Å²) in [6.45, 7) is 1.29. The number of anilines is 1. The standard InChI is InChI=1S/C20H23N5O2S/c26-28(27,14-10-16-5-2-1-3-6-16)24-17-9-13-25(15-17)20-22-12-8-19(23-20)18-7-4-11-21-18/h1-8,11-12,17,21,24H,9-10,13-15H2. The lowest BCUT2D eigenvalue weighted by molar-refractivity contribution is 0.560. The largest absolute Gasteiger partial charge is 0.360 e. The van der Waals surface area contributed by atoms with Crippen LogP contribution >= 0.6 is 0 Å². The molecular formula is C20H23N5O2S. The molecule has 2 N–H and O–H groups in total. The summed E-state index contributed by atoms with van der Waals surface area (Å²) in [7, 11) is -3.33. The highest BCUT2D eigenvalue weighted by Crippen LogP contribution is 2.20. The highest BCUT2D eigenvalue weighted by atomic mass is 32.2. The summed E-state index contributed by atoms with van der Waals surface area (Å²) in [6.07, 6.45) is 4.83. The van der Waals surface area contributed by atoms with Crippen LogP contribution in [0.2, 0.25) is 0 Å². The normalized spacial score (nSPS) is 17.1. The van der Waals surface area contributed by atoms with E-state index in [0.717, 1.165) is 29.9 Å². The van der Waals surface area contributed by atoms with Gasteiger partial charge in [-0.3, -0.25) is 0 Å². The predicted octanol–water partition coefficient (Wildman–Crippen LogP) is 2.21. The molecule has 3 heterocycles. The van der Waals surface area contributed by atoms with Gasteiger partial charge < -0.3 is 9.88 Å². The Morgan fingerprint density at radius 2 is 2.00 bits per heavy atom. The SMILES string of the molecule is O=S(=O)(CCc1ccccc1)NC1CCN(c2nccc(-c3ccc[nH]3)n2)C1. The summed E-state index contributed by atoms with van der Waals surface area (Å²) in [5, 5.41) is 0. The van der Waals surface area contributed by atoms with Crippen LogP contribution in [0.25, 0.3) is 11.4 Å². The molecular weight excluding hydrogens is 374 g/mol. The fourth-order valence-electron chi connectivity index (χ4n) is 3.39. The van der Waals surface area contributed by atoms with Crippen LogP contribution in [0.1, 0.15) is 12.0 Å². The zero-order valence-corrected chi connectivity index (χ0v) is 16.3. The van der Waals surface area contributed by atoms with Gasteiger partial charge in [0.2, 0.25) is 16.0 Å². The summed E-state index contributed by atoms with van der Waals surface area (Å²) in [6, 6.07) is 15.3. The van der Waals surface area contributed by atoms with E-state index in [1.165, 1.54) is 0 Å². The molecule has 1 saturated heterocycles. The number of nitrogens with one attached hydrogen (secondary N) is 2. The lowest BCUT2D eigenvalue weighted by Crippen LogP contribution is -2.39. The fraction of sp³-hybridized carbons (Fsp3) is 0.300. The van der Waals surface area contributed by atoms with Crippen molar-refractivity contribution >= 4 is 16.0 Å². The van der Waals surface area contributed by atoms with Gasteiger partial charge in [0.05, 0.1) is 17.1 Å². The van der Waals surface area contributed by atoms with Crippen molar-refractivity contribution in [1.82, 2.24) is 19.7 Å². The second-order valence-corrected chi connectivity index (χ2v) is 8.80. The van der Waals surface area contributed by atoms with Crippen molar-refractivity contribution < 1.29 is 8.42 Å². The summed E-state index contributed by atoms with van der Waals surface area (Å²) in [4.78, 5) is 14.1. The predicted molar refractivity (Wildman–Crippen MR) is 110 cm³/mol. The van der Waals surface area contributed by atoms with Crippen LogP contribution in [-0.4, -0.2) is 48.3 Å². The van der Waals surface area contributed by atoms with E-state index in [0.29, 0.717) is 18.9 Å². The topological polar surface area (TPSA) is 91.0 Å². The maximum Gasteiger partial charge on any atom is 0.225 e. The van der Waals surface area contributed by atoms with Crippen LogP contribution in [-0.2, 0) is 16.4 Å². The van der Waals surface area contributed by atoms with Crippen molar-refractivity contribution in [3.63, 3.8) is 0 Å². The molecule has 0 saturated carbocycles. The average molecular weight is 398 g/mol. The van der Waals surface area contributed by atoms with Crippen molar-refractivity contribution in [1.29, 1.82) is 0 Å². The van der Waals surface area contributed by atoms with Crippen LogP contribution in [0.15, 0.2) is 60.9 Å². The molecule has 28 heavy (non-hydrogen) atoms. The van der Waals surface area contributed by atoms with E-state index in [9.17, 15) is 8.42 Å². The number of benzene rings is 1. The van der Waals surface area contributed by atoms with E-state index in [1.54, 1.807) is 6.20 Å². The Bertz CT molecular complexity index is 1010. The monoisotopic (exact) mass is 397 g/mol. The molecule has 8 heteroatoms. The third kappa shape index (κ3) is 4.58. The molecule has 1 aliphatic rings. The number of aromatic amines is 1. The molecule has 1 atom stereocenters. The molecule has 7 nitrogen and oxygen atoms in total. The van der Waals surface area contributed by atoms with Gasteiger partial charge in [-0.2, -0.15) is 0 Å². The molecule has 1 unspecified atom stereocenters. The smallest absolute Gasteiger partial charge is 0.225 e. The summed E-state index contributed by atoms with van der Waals surface area (Å²) >= 11 is 0. The second kappa shape index (κ2) is 8.12. The minimum atomic E-state index is -3.33. The number of aryl methyl sites for hydroxylation is 1. The van der Waals surface area contributed by atoms with Gasteiger partial charge in [0, 0.05) is 31.5 Å². The number of H-pyrrole nitrogens is 1. The minimum Gasteiger partial charge on any atom is -0.360 e. The third-order valence-electron chi connectivity index (χ3n) is 4.84. The first-order valence-corrected chi connectivity index (χ1v) is 11.0. The van der Waals surface area contributed by atoms with Crippen molar-refractivity contribution in [3.05, 3.63) is 66.5 Å². The fourth-order valence-corrected chi connectivity index (χ4v) is 4.71. The van der Waals surface area contributed by atoms with Crippen LogP contribution in [0.4, 0.5) is 5.95 Å².